The van der Waals surface area contributed by atoms with Gasteiger partial charge in [-0.25, -0.2) is 0 Å². The van der Waals surface area contributed by atoms with Crippen molar-refractivity contribution in [2.45, 2.75) is 51.5 Å². The zero-order valence-electron chi connectivity index (χ0n) is 13.7. The maximum atomic E-state index is 5.63. The van der Waals surface area contributed by atoms with Gasteiger partial charge in [-0.2, -0.15) is 0 Å². The Morgan fingerprint density at radius 1 is 1.19 bits per heavy atom. The highest BCUT2D eigenvalue weighted by Gasteiger charge is 2.24. The van der Waals surface area contributed by atoms with Crippen molar-refractivity contribution in [1.82, 2.24) is 5.32 Å². The van der Waals surface area contributed by atoms with Gasteiger partial charge in [-0.1, -0.05) is 44.7 Å². The van der Waals surface area contributed by atoms with E-state index in [-0.39, 0.29) is 0 Å². The molecule has 1 fully saturated rings. The van der Waals surface area contributed by atoms with Crippen LogP contribution in [0.5, 0.6) is 11.5 Å². The summed E-state index contributed by atoms with van der Waals surface area (Å²) in [5.74, 6) is 2.55. The monoisotopic (exact) mass is 291 g/mol. The number of benzene rings is 1. The fourth-order valence-electron chi connectivity index (χ4n) is 3.40. The lowest BCUT2D eigenvalue weighted by Gasteiger charge is -2.25. The maximum Gasteiger partial charge on any atom is 0.165 e. The first kappa shape index (κ1) is 16.2. The van der Waals surface area contributed by atoms with Crippen LogP contribution < -0.4 is 14.8 Å². The normalized spacial score (nSPS) is 16.9. The quantitative estimate of drug-likeness (QED) is 0.773. The summed E-state index contributed by atoms with van der Waals surface area (Å²) in [5, 5.41) is 3.70. The van der Waals surface area contributed by atoms with Crippen molar-refractivity contribution in [3.63, 3.8) is 0 Å². The van der Waals surface area contributed by atoms with Crippen LogP contribution in [0, 0.1) is 5.92 Å². The van der Waals surface area contributed by atoms with Crippen LogP contribution in [-0.2, 0) is 0 Å². The molecule has 1 atom stereocenters. The van der Waals surface area contributed by atoms with E-state index in [4.69, 9.17) is 9.47 Å². The smallest absolute Gasteiger partial charge is 0.165 e. The zero-order valence-corrected chi connectivity index (χ0v) is 13.7. The van der Waals surface area contributed by atoms with Crippen molar-refractivity contribution in [3.8, 4) is 11.5 Å². The standard InChI is InChI=1S/C18H29NO2/c1-4-12-19-16(13-14-8-5-6-9-14)15-10-7-11-17(20-2)18(15)21-3/h7,10-11,14,16,19H,4-6,8-9,12-13H2,1-3H3. The van der Waals surface area contributed by atoms with Gasteiger partial charge in [0.1, 0.15) is 0 Å². The van der Waals surface area contributed by atoms with Crippen LogP contribution in [0.4, 0.5) is 0 Å². The molecule has 0 bridgehead atoms. The lowest BCUT2D eigenvalue weighted by molar-refractivity contribution is 0.336. The van der Waals surface area contributed by atoms with Gasteiger partial charge in [0, 0.05) is 11.6 Å². The van der Waals surface area contributed by atoms with Gasteiger partial charge in [0.2, 0.25) is 0 Å². The van der Waals surface area contributed by atoms with Crippen LogP contribution in [-0.4, -0.2) is 20.8 Å². The molecule has 3 nitrogen and oxygen atoms in total. The molecule has 2 rings (SSSR count). The predicted octanol–water partition coefficient (Wildman–Crippen LogP) is 4.32. The summed E-state index contributed by atoms with van der Waals surface area (Å²) in [4.78, 5) is 0. The highest BCUT2D eigenvalue weighted by molar-refractivity contribution is 5.48. The summed E-state index contributed by atoms with van der Waals surface area (Å²) in [6.07, 6.45) is 7.87. The third kappa shape index (κ3) is 4.13. The third-order valence-electron chi connectivity index (χ3n) is 4.49. The Balaban J connectivity index is 2.21. The summed E-state index contributed by atoms with van der Waals surface area (Å²) in [6.45, 7) is 3.25. The van der Waals surface area contributed by atoms with E-state index in [1.807, 2.05) is 6.07 Å². The topological polar surface area (TPSA) is 30.5 Å². The molecule has 0 aromatic heterocycles. The van der Waals surface area contributed by atoms with Gasteiger partial charge in [-0.05, 0) is 31.4 Å². The fourth-order valence-corrected chi connectivity index (χ4v) is 3.40. The molecule has 3 heteroatoms. The Labute approximate surface area is 129 Å². The van der Waals surface area contributed by atoms with Crippen LogP contribution >= 0.6 is 0 Å². The van der Waals surface area contributed by atoms with Crippen molar-refractivity contribution in [3.05, 3.63) is 23.8 Å². The van der Waals surface area contributed by atoms with Crippen molar-refractivity contribution in [2.75, 3.05) is 20.8 Å². The number of ether oxygens (including phenoxy) is 2. The fraction of sp³-hybridized carbons (Fsp3) is 0.667. The van der Waals surface area contributed by atoms with Crippen molar-refractivity contribution in [2.24, 2.45) is 5.92 Å². The van der Waals surface area contributed by atoms with Crippen LogP contribution in [0.3, 0.4) is 0 Å². The SMILES string of the molecule is CCCNC(CC1CCCC1)c1cccc(OC)c1OC. The molecule has 21 heavy (non-hydrogen) atoms. The molecule has 1 aliphatic rings. The molecule has 1 saturated carbocycles. The Morgan fingerprint density at radius 3 is 2.57 bits per heavy atom. The van der Waals surface area contributed by atoms with Gasteiger partial charge in [0.25, 0.3) is 0 Å². The predicted molar refractivity (Wildman–Crippen MR) is 87.2 cm³/mol. The number of methoxy groups -OCH3 is 2. The Hall–Kier alpha value is -1.22. The second-order valence-electron chi connectivity index (χ2n) is 5.98. The largest absolute Gasteiger partial charge is 0.493 e. The van der Waals surface area contributed by atoms with E-state index in [1.54, 1.807) is 14.2 Å². The molecule has 0 spiro atoms. The van der Waals surface area contributed by atoms with Gasteiger partial charge in [0.05, 0.1) is 14.2 Å². The van der Waals surface area contributed by atoms with Crippen LogP contribution in [0.1, 0.15) is 57.1 Å². The molecule has 0 radical (unpaired) electrons. The average molecular weight is 291 g/mol. The molecule has 1 aromatic carbocycles. The number of nitrogens with one attached hydrogen (secondary N) is 1. The molecule has 0 aliphatic heterocycles. The molecule has 1 aromatic rings. The molecule has 1 unspecified atom stereocenters. The molecule has 0 heterocycles. The molecule has 0 saturated heterocycles. The third-order valence-corrected chi connectivity index (χ3v) is 4.49. The van der Waals surface area contributed by atoms with E-state index in [0.29, 0.717) is 6.04 Å². The summed E-state index contributed by atoms with van der Waals surface area (Å²) in [6, 6.07) is 6.56. The number of rotatable bonds is 8. The zero-order chi connectivity index (χ0) is 15.1. The summed E-state index contributed by atoms with van der Waals surface area (Å²) in [7, 11) is 3.43. The average Bonchev–Trinajstić information content (AvgIpc) is 3.03. The molecule has 0 amide bonds. The van der Waals surface area contributed by atoms with E-state index in [9.17, 15) is 0 Å². The Kier molecular flexibility index (Phi) is 6.37. The van der Waals surface area contributed by atoms with Crippen LogP contribution in [0.25, 0.3) is 0 Å². The first-order valence-electron chi connectivity index (χ1n) is 8.24. The summed E-state index contributed by atoms with van der Waals surface area (Å²) >= 11 is 0. The highest BCUT2D eigenvalue weighted by atomic mass is 16.5. The van der Waals surface area contributed by atoms with E-state index >= 15 is 0 Å². The van der Waals surface area contributed by atoms with E-state index < -0.39 is 0 Å². The molecule has 1 N–H and O–H groups in total. The maximum absolute atomic E-state index is 5.63. The number of para-hydroxylation sites is 1. The highest BCUT2D eigenvalue weighted by Crippen LogP contribution is 2.39. The number of hydrogen-bond acceptors (Lipinski definition) is 3. The van der Waals surface area contributed by atoms with Crippen LogP contribution in [0.15, 0.2) is 18.2 Å². The lowest BCUT2D eigenvalue weighted by atomic mass is 9.92. The lowest BCUT2D eigenvalue weighted by Crippen LogP contribution is -2.24. The first-order chi connectivity index (χ1) is 10.3. The van der Waals surface area contributed by atoms with Crippen LogP contribution in [0.2, 0.25) is 0 Å². The van der Waals surface area contributed by atoms with Gasteiger partial charge in [0.15, 0.2) is 11.5 Å². The van der Waals surface area contributed by atoms with E-state index in [0.717, 1.165) is 30.4 Å². The van der Waals surface area contributed by atoms with Crippen molar-refractivity contribution < 1.29 is 9.47 Å². The second-order valence-corrected chi connectivity index (χ2v) is 5.98. The molecule has 1 aliphatic carbocycles. The Morgan fingerprint density at radius 2 is 1.95 bits per heavy atom. The minimum Gasteiger partial charge on any atom is -0.493 e. The summed E-state index contributed by atoms with van der Waals surface area (Å²) < 4.78 is 11.1. The van der Waals surface area contributed by atoms with Gasteiger partial charge >= 0.3 is 0 Å². The molecule has 118 valence electrons. The van der Waals surface area contributed by atoms with E-state index in [2.05, 4.69) is 24.4 Å². The summed E-state index contributed by atoms with van der Waals surface area (Å²) in [5.41, 5.74) is 1.23. The number of hydrogen-bond donors (Lipinski definition) is 1. The second kappa shape index (κ2) is 8.28. The van der Waals surface area contributed by atoms with Crippen molar-refractivity contribution >= 4 is 0 Å². The van der Waals surface area contributed by atoms with E-state index in [1.165, 1.54) is 37.7 Å². The van der Waals surface area contributed by atoms with Gasteiger partial charge < -0.3 is 14.8 Å². The molecular formula is C18H29NO2. The molecular weight excluding hydrogens is 262 g/mol. The Bertz CT molecular complexity index is 427. The van der Waals surface area contributed by atoms with Crippen molar-refractivity contribution in [1.29, 1.82) is 0 Å². The first-order valence-corrected chi connectivity index (χ1v) is 8.24. The van der Waals surface area contributed by atoms with Gasteiger partial charge in [-0.3, -0.25) is 0 Å². The minimum absolute atomic E-state index is 0.359. The minimum atomic E-state index is 0.359. The van der Waals surface area contributed by atoms with Gasteiger partial charge in [-0.15, -0.1) is 0 Å².